The fourth-order valence-corrected chi connectivity index (χ4v) is 12.1. The molecule has 0 radical (unpaired) electrons. The number of ether oxygens (including phenoxy) is 7. The van der Waals surface area contributed by atoms with Crippen LogP contribution >= 0.6 is 0 Å². The SMILES string of the molecule is C[C@@H]1[C@H](O)[C@@H](C)C=CC=CC=CC=CC=CC=CC=C[C@H](OC2O[C@H](C)[C@@H](O)[C@H](NC[C@@]3(O)OC[C@@H](O)[C@@H](OC4O[C@H](CO)[C@@H](O)[C@H](O)[C@H]4O)[C@@H]3O)[C@@H]2O)CC2O[C@](O)(C[C@@H](O)C[C@@H](O)[C@H](O)CC[C@@H](O)C[C@@H](O)CC(=O)O[C@H]1C)C[C@H](O)C2C(=O)NN1CCN(C)CC1. The molecule has 1 amide bonds. The van der Waals surface area contributed by atoms with Crippen molar-refractivity contribution in [2.75, 3.05) is 53.0 Å². The van der Waals surface area contributed by atoms with Crippen molar-refractivity contribution >= 4 is 11.9 Å². The zero-order valence-electron chi connectivity index (χ0n) is 53.9. The minimum Gasteiger partial charge on any atom is -0.462 e. The second kappa shape index (κ2) is 37.3. The van der Waals surface area contributed by atoms with E-state index in [1.807, 2.05) is 14.0 Å². The van der Waals surface area contributed by atoms with Gasteiger partial charge in [0.1, 0.15) is 54.9 Å². The van der Waals surface area contributed by atoms with Crippen LogP contribution in [0.5, 0.6) is 0 Å². The van der Waals surface area contributed by atoms with Crippen LogP contribution in [-0.2, 0) is 42.7 Å². The first-order valence-electron chi connectivity index (χ1n) is 32.3. The van der Waals surface area contributed by atoms with Crippen LogP contribution in [0.25, 0.3) is 0 Å². The fourth-order valence-electron chi connectivity index (χ4n) is 12.1. The Labute approximate surface area is 547 Å². The highest BCUT2D eigenvalue weighted by Crippen LogP contribution is 2.39. The summed E-state index contributed by atoms with van der Waals surface area (Å²) < 4.78 is 40.9. The molecule has 5 saturated heterocycles. The number of carbonyl (C=O) groups is 2. The van der Waals surface area contributed by atoms with E-state index < -0.39 is 228 Å². The van der Waals surface area contributed by atoms with Crippen LogP contribution in [0.3, 0.4) is 0 Å². The molecule has 0 aromatic carbocycles. The number of piperazine rings is 1. The van der Waals surface area contributed by atoms with Gasteiger partial charge < -0.3 is 130 Å². The van der Waals surface area contributed by atoms with E-state index in [-0.39, 0.29) is 25.2 Å². The molecule has 0 spiro atoms. The van der Waals surface area contributed by atoms with Gasteiger partial charge in [-0.1, -0.05) is 98.9 Å². The number of nitrogens with one attached hydrogen (secondary N) is 2. The lowest BCUT2D eigenvalue weighted by atomic mass is 9.82. The number of nitrogens with zero attached hydrogens (tertiary/aromatic N) is 2. The predicted molar refractivity (Wildman–Crippen MR) is 332 cm³/mol. The highest BCUT2D eigenvalue weighted by Gasteiger charge is 2.55. The van der Waals surface area contributed by atoms with Gasteiger partial charge in [0, 0.05) is 63.7 Å². The second-order valence-electron chi connectivity index (χ2n) is 25.8. The number of cyclic esters (lactones) is 1. The quantitative estimate of drug-likeness (QED) is 0.0913. The van der Waals surface area contributed by atoms with E-state index in [0.29, 0.717) is 26.2 Å². The molecule has 30 heteroatoms. The Morgan fingerprint density at radius 1 is 0.617 bits per heavy atom. The fraction of sp³-hybridized carbons (Fsp3) is 0.750. The smallest absolute Gasteiger partial charge is 0.308 e. The van der Waals surface area contributed by atoms with Crippen LogP contribution in [-0.4, -0.2) is 314 Å². The van der Waals surface area contributed by atoms with Crippen molar-refractivity contribution in [3.05, 3.63) is 85.1 Å². The standard InChI is InChI=1S/C64H104N4O26/c1-35-18-16-14-12-10-8-6-7-9-11-13-15-17-19-42(91-61-55(81)51(53(79)38(4)90-61)65-34-64(87)59(84)58(46(76)33-88-64)93-62-57(83)56(82)54(80)48(32-69)92-62)29-47-50(60(85)66-68-24-22-67(5)23-25-68)45(75)31-63(86,94-47)30-41(72)27-44(74)43(73)21-20-39(70)26-40(71)28-49(77)89-37(3)36(2)52(35)78/h6-19,35-48,50-59,61-62,65,69-76,78-84,86-87H,20-34H2,1-5H3,(H,66,85)/t35-,36-,37-,38+,39+,40+,41-,42-,43+,44+,45-,46+,47?,48+,50?,51-,52+,53+,54+,55-,56-,57+,58+,59-,61?,62?,63+,64+/m0/s1. The summed E-state index contributed by atoms with van der Waals surface area (Å²) in [4.78, 5) is 29.3. The Bertz CT molecular complexity index is 2520. The molecule has 6 aliphatic rings. The van der Waals surface area contributed by atoms with Crippen molar-refractivity contribution in [1.82, 2.24) is 20.7 Å². The Morgan fingerprint density at radius 3 is 1.85 bits per heavy atom. The van der Waals surface area contributed by atoms with Gasteiger partial charge in [-0.05, 0) is 40.2 Å². The lowest BCUT2D eigenvalue weighted by molar-refractivity contribution is -0.368. The summed E-state index contributed by atoms with van der Waals surface area (Å²) in [6.07, 6.45) is -13.6. The van der Waals surface area contributed by atoms with Crippen LogP contribution in [0, 0.1) is 17.8 Å². The van der Waals surface area contributed by atoms with Gasteiger partial charge in [0.15, 0.2) is 18.4 Å². The van der Waals surface area contributed by atoms with Gasteiger partial charge in [0.05, 0.1) is 105 Å². The normalized spacial score (nSPS) is 44.0. The minimum absolute atomic E-state index is 0.153. The molecule has 2 bridgehead atoms. The van der Waals surface area contributed by atoms with Gasteiger partial charge in [0.2, 0.25) is 11.7 Å². The summed E-state index contributed by atoms with van der Waals surface area (Å²) in [5.74, 6) is -8.81. The number of hydrogen-bond acceptors (Lipinski definition) is 29. The number of esters is 1. The summed E-state index contributed by atoms with van der Waals surface area (Å²) in [7, 11) is 1.92. The van der Waals surface area contributed by atoms with Gasteiger partial charge >= 0.3 is 5.97 Å². The number of fused-ring (bicyclic) bond motifs is 2. The maximum absolute atomic E-state index is 14.4. The maximum Gasteiger partial charge on any atom is 0.308 e. The van der Waals surface area contributed by atoms with Crippen LogP contribution in [0.4, 0.5) is 0 Å². The molecule has 4 unspecified atom stereocenters. The van der Waals surface area contributed by atoms with E-state index >= 15 is 0 Å². The predicted octanol–water partition coefficient (Wildman–Crippen LogP) is -4.84. The number of aliphatic hydroxyl groups excluding tert-OH is 15. The van der Waals surface area contributed by atoms with Crippen LogP contribution < -0.4 is 10.7 Å². The second-order valence-corrected chi connectivity index (χ2v) is 25.8. The average molecular weight is 1350 g/mol. The molecule has 19 N–H and O–H groups in total. The summed E-state index contributed by atoms with van der Waals surface area (Å²) in [5.41, 5.74) is 2.85. The van der Waals surface area contributed by atoms with E-state index in [9.17, 15) is 96.4 Å². The number of aliphatic hydroxyl groups is 17. The van der Waals surface area contributed by atoms with Crippen LogP contribution in [0.15, 0.2) is 85.1 Å². The summed E-state index contributed by atoms with van der Waals surface area (Å²) in [5, 5.41) is 193. The number of amides is 1. The lowest BCUT2D eigenvalue weighted by Gasteiger charge is -2.48. The third-order valence-corrected chi connectivity index (χ3v) is 18.1. The summed E-state index contributed by atoms with van der Waals surface area (Å²) in [6, 6.07) is -1.47. The van der Waals surface area contributed by atoms with Gasteiger partial charge in [-0.2, -0.15) is 0 Å². The van der Waals surface area contributed by atoms with Crippen molar-refractivity contribution in [2.45, 2.75) is 231 Å². The van der Waals surface area contributed by atoms with Crippen molar-refractivity contribution in [2.24, 2.45) is 17.8 Å². The molecule has 28 atom stereocenters. The molecular formula is C64H104N4O26. The molecule has 0 aliphatic carbocycles. The lowest BCUT2D eigenvalue weighted by Crippen LogP contribution is -2.70. The first-order valence-corrected chi connectivity index (χ1v) is 32.3. The van der Waals surface area contributed by atoms with E-state index in [1.54, 1.807) is 97.8 Å². The van der Waals surface area contributed by atoms with Gasteiger partial charge in [-0.15, -0.1) is 0 Å². The molecule has 94 heavy (non-hydrogen) atoms. The zero-order chi connectivity index (χ0) is 69.2. The van der Waals surface area contributed by atoms with Crippen molar-refractivity contribution in [3.63, 3.8) is 0 Å². The van der Waals surface area contributed by atoms with Gasteiger partial charge in [-0.25, -0.2) is 5.01 Å². The number of likely N-dealkylation sites (N-methyl/N-ethyl adjacent to an activating group) is 1. The van der Waals surface area contributed by atoms with E-state index in [0.717, 1.165) is 0 Å². The summed E-state index contributed by atoms with van der Waals surface area (Å²) >= 11 is 0. The Balaban J connectivity index is 1.26. The first-order chi connectivity index (χ1) is 44.4. The highest BCUT2D eigenvalue weighted by atomic mass is 16.7. The number of allylic oxidation sites excluding steroid dienone is 12. The number of hydrazine groups is 1. The molecule has 6 aliphatic heterocycles. The van der Waals surface area contributed by atoms with E-state index in [4.69, 9.17) is 33.2 Å². The van der Waals surface area contributed by atoms with E-state index in [2.05, 4.69) is 15.6 Å². The minimum atomic E-state index is -2.67. The number of rotatable bonds is 10. The highest BCUT2D eigenvalue weighted by molar-refractivity contribution is 5.79. The van der Waals surface area contributed by atoms with Crippen molar-refractivity contribution < 1.29 is 130 Å². The zero-order valence-corrected chi connectivity index (χ0v) is 53.9. The van der Waals surface area contributed by atoms with Crippen molar-refractivity contribution in [1.29, 1.82) is 0 Å². The van der Waals surface area contributed by atoms with Crippen LogP contribution in [0.2, 0.25) is 0 Å². The monoisotopic (exact) mass is 1340 g/mol. The largest absolute Gasteiger partial charge is 0.462 e. The third kappa shape index (κ3) is 22.8. The van der Waals surface area contributed by atoms with E-state index in [1.165, 1.54) is 13.0 Å². The van der Waals surface area contributed by atoms with Gasteiger partial charge in [-0.3, -0.25) is 15.0 Å². The Hall–Kier alpha value is -3.92. The molecule has 6 rings (SSSR count). The molecular weight excluding hydrogens is 1240 g/mol. The molecule has 30 nitrogen and oxygen atoms in total. The molecule has 0 saturated carbocycles. The average Bonchev–Trinajstić information content (AvgIpc) is 0.788. The molecule has 5 fully saturated rings. The molecule has 0 aromatic heterocycles. The number of carbonyl (C=O) groups excluding carboxylic acids is 2. The van der Waals surface area contributed by atoms with Crippen LogP contribution in [0.1, 0.15) is 79.1 Å². The van der Waals surface area contributed by atoms with Crippen molar-refractivity contribution in [3.8, 4) is 0 Å². The Kier molecular flexibility index (Phi) is 31.4. The van der Waals surface area contributed by atoms with Gasteiger partial charge in [0.25, 0.3) is 0 Å². The molecule has 536 valence electrons. The Morgan fingerprint density at radius 2 is 1.22 bits per heavy atom. The molecule has 6 heterocycles. The first kappa shape index (κ1) is 79.1. The maximum atomic E-state index is 14.4. The topological polar surface area (TPSA) is 473 Å². The third-order valence-electron chi connectivity index (χ3n) is 18.1. The molecule has 0 aromatic rings. The number of hydrogen-bond donors (Lipinski definition) is 19. The summed E-state index contributed by atoms with van der Waals surface area (Å²) in [6.45, 7) is 6.32.